The highest BCUT2D eigenvalue weighted by atomic mass is 15.3. The lowest BCUT2D eigenvalue weighted by Crippen LogP contribution is -2.28. The van der Waals surface area contributed by atoms with Gasteiger partial charge < -0.3 is 10.2 Å². The van der Waals surface area contributed by atoms with E-state index in [-0.39, 0.29) is 6.04 Å². The Morgan fingerprint density at radius 3 is 2.73 bits per heavy atom. The van der Waals surface area contributed by atoms with Crippen molar-refractivity contribution in [3.8, 4) is 17.3 Å². The van der Waals surface area contributed by atoms with Gasteiger partial charge >= 0.3 is 0 Å². The van der Waals surface area contributed by atoms with Crippen molar-refractivity contribution < 1.29 is 0 Å². The van der Waals surface area contributed by atoms with Crippen LogP contribution in [0.25, 0.3) is 11.3 Å². The van der Waals surface area contributed by atoms with E-state index in [2.05, 4.69) is 31.2 Å². The molecule has 0 aliphatic carbocycles. The van der Waals surface area contributed by atoms with Crippen LogP contribution < -0.4 is 10.2 Å². The summed E-state index contributed by atoms with van der Waals surface area (Å²) in [5.74, 6) is 1.25. The number of hydrogen-bond acceptors (Lipinski definition) is 7. The molecule has 1 aliphatic rings. The highest BCUT2D eigenvalue weighted by molar-refractivity contribution is 5.60. The Balaban J connectivity index is 1.48. The summed E-state index contributed by atoms with van der Waals surface area (Å²) in [6.45, 7) is 1.59. The third kappa shape index (κ3) is 3.30. The highest BCUT2D eigenvalue weighted by Crippen LogP contribution is 2.22. The predicted molar refractivity (Wildman–Crippen MR) is 98.5 cm³/mol. The third-order valence-corrected chi connectivity index (χ3v) is 4.33. The number of aromatic nitrogens is 4. The van der Waals surface area contributed by atoms with Gasteiger partial charge in [-0.2, -0.15) is 5.26 Å². The van der Waals surface area contributed by atoms with Crippen molar-refractivity contribution in [3.63, 3.8) is 0 Å². The third-order valence-electron chi connectivity index (χ3n) is 4.33. The predicted octanol–water partition coefficient (Wildman–Crippen LogP) is 2.50. The standard InChI is InChI=1S/C19H17N7/c20-12-17-18(22-10-9-21-17)24-15-7-11-26(13-15)19-23-8-6-16(25-19)14-4-2-1-3-5-14/h1-6,8-10,15H,7,11,13H2,(H,22,24). The van der Waals surface area contributed by atoms with Crippen LogP contribution in [0.5, 0.6) is 0 Å². The Labute approximate surface area is 151 Å². The van der Waals surface area contributed by atoms with Gasteiger partial charge in [-0.1, -0.05) is 30.3 Å². The van der Waals surface area contributed by atoms with Crippen LogP contribution in [0.3, 0.4) is 0 Å². The van der Waals surface area contributed by atoms with Gasteiger partial charge in [0.1, 0.15) is 6.07 Å². The molecule has 7 nitrogen and oxygen atoms in total. The lowest BCUT2D eigenvalue weighted by atomic mass is 10.1. The topological polar surface area (TPSA) is 90.6 Å². The van der Waals surface area contributed by atoms with Crippen molar-refractivity contribution in [1.82, 2.24) is 19.9 Å². The lowest BCUT2D eigenvalue weighted by molar-refractivity contribution is 0.795. The molecule has 0 radical (unpaired) electrons. The monoisotopic (exact) mass is 343 g/mol. The first-order chi connectivity index (χ1) is 12.8. The molecule has 7 heteroatoms. The van der Waals surface area contributed by atoms with E-state index < -0.39 is 0 Å². The Morgan fingerprint density at radius 1 is 1.04 bits per heavy atom. The molecule has 128 valence electrons. The van der Waals surface area contributed by atoms with Gasteiger partial charge in [0, 0.05) is 43.3 Å². The summed E-state index contributed by atoms with van der Waals surface area (Å²) < 4.78 is 0. The zero-order valence-electron chi connectivity index (χ0n) is 14.1. The molecule has 0 spiro atoms. The van der Waals surface area contributed by atoms with Crippen LogP contribution in [-0.2, 0) is 0 Å². The molecule has 26 heavy (non-hydrogen) atoms. The molecule has 0 bridgehead atoms. The largest absolute Gasteiger partial charge is 0.363 e. The summed E-state index contributed by atoms with van der Waals surface area (Å²) in [5.41, 5.74) is 2.30. The summed E-state index contributed by atoms with van der Waals surface area (Å²) in [7, 11) is 0. The first-order valence-electron chi connectivity index (χ1n) is 8.44. The molecule has 3 heterocycles. The minimum Gasteiger partial charge on any atom is -0.363 e. The lowest BCUT2D eigenvalue weighted by Gasteiger charge is -2.18. The average Bonchev–Trinajstić information content (AvgIpc) is 3.18. The van der Waals surface area contributed by atoms with E-state index in [9.17, 15) is 0 Å². The summed E-state index contributed by atoms with van der Waals surface area (Å²) in [6, 6.07) is 14.2. The maximum Gasteiger partial charge on any atom is 0.225 e. The smallest absolute Gasteiger partial charge is 0.225 e. The van der Waals surface area contributed by atoms with Crippen molar-refractivity contribution >= 4 is 11.8 Å². The van der Waals surface area contributed by atoms with Gasteiger partial charge in [0.05, 0.1) is 5.69 Å². The summed E-state index contributed by atoms with van der Waals surface area (Å²) in [6.07, 6.45) is 5.82. The fourth-order valence-electron chi connectivity index (χ4n) is 3.05. The molecule has 1 unspecified atom stereocenters. The molecule has 0 amide bonds. The zero-order chi connectivity index (χ0) is 17.8. The SMILES string of the molecule is N#Cc1nccnc1NC1CCN(c2nccc(-c3ccccc3)n2)C1. The van der Waals surface area contributed by atoms with Crippen molar-refractivity contribution in [2.24, 2.45) is 0 Å². The van der Waals surface area contributed by atoms with Gasteiger partial charge in [-0.25, -0.2) is 19.9 Å². The summed E-state index contributed by atoms with van der Waals surface area (Å²) in [4.78, 5) is 19.5. The second kappa shape index (κ2) is 7.15. The second-order valence-corrected chi connectivity index (χ2v) is 6.05. The van der Waals surface area contributed by atoms with Gasteiger partial charge in [0.15, 0.2) is 11.5 Å². The van der Waals surface area contributed by atoms with Crippen LogP contribution in [0.2, 0.25) is 0 Å². The van der Waals surface area contributed by atoms with E-state index in [4.69, 9.17) is 10.2 Å². The number of nitrogens with zero attached hydrogens (tertiary/aromatic N) is 6. The average molecular weight is 343 g/mol. The molecule has 2 aromatic heterocycles. The fraction of sp³-hybridized carbons (Fsp3) is 0.211. The molecule has 0 saturated carbocycles. The van der Waals surface area contributed by atoms with Crippen LogP contribution in [0.4, 0.5) is 11.8 Å². The number of nitriles is 1. The first kappa shape index (κ1) is 16.0. The Bertz CT molecular complexity index is 936. The van der Waals surface area contributed by atoms with E-state index in [1.165, 1.54) is 6.20 Å². The van der Waals surface area contributed by atoms with E-state index in [0.717, 1.165) is 36.7 Å². The normalized spacial score (nSPS) is 16.3. The van der Waals surface area contributed by atoms with E-state index >= 15 is 0 Å². The zero-order valence-corrected chi connectivity index (χ0v) is 14.1. The van der Waals surface area contributed by atoms with E-state index in [1.807, 2.05) is 36.4 Å². The Kier molecular flexibility index (Phi) is 4.39. The molecular weight excluding hydrogens is 326 g/mol. The van der Waals surface area contributed by atoms with Gasteiger partial charge in [-0.3, -0.25) is 0 Å². The van der Waals surface area contributed by atoms with Gasteiger partial charge in [0.25, 0.3) is 0 Å². The van der Waals surface area contributed by atoms with Crippen molar-refractivity contribution in [1.29, 1.82) is 5.26 Å². The molecule has 3 aromatic rings. The maximum absolute atomic E-state index is 9.14. The maximum atomic E-state index is 9.14. The van der Waals surface area contributed by atoms with Gasteiger partial charge in [0.2, 0.25) is 5.95 Å². The number of hydrogen-bond donors (Lipinski definition) is 1. The quantitative estimate of drug-likeness (QED) is 0.778. The summed E-state index contributed by atoms with van der Waals surface area (Å²) >= 11 is 0. The van der Waals surface area contributed by atoms with Crippen LogP contribution in [0.1, 0.15) is 12.1 Å². The van der Waals surface area contributed by atoms with Crippen LogP contribution in [-0.4, -0.2) is 39.1 Å². The van der Waals surface area contributed by atoms with E-state index in [1.54, 1.807) is 12.4 Å². The van der Waals surface area contributed by atoms with Crippen LogP contribution in [0, 0.1) is 11.3 Å². The van der Waals surface area contributed by atoms with Crippen molar-refractivity contribution in [2.45, 2.75) is 12.5 Å². The van der Waals surface area contributed by atoms with Crippen LogP contribution >= 0.6 is 0 Å². The number of anilines is 2. The molecule has 1 fully saturated rings. The van der Waals surface area contributed by atoms with Crippen molar-refractivity contribution in [3.05, 3.63) is 60.7 Å². The molecule has 1 aromatic carbocycles. The molecule has 1 atom stereocenters. The number of nitrogens with one attached hydrogen (secondary N) is 1. The molecule has 1 aliphatic heterocycles. The van der Waals surface area contributed by atoms with E-state index in [0.29, 0.717) is 11.5 Å². The van der Waals surface area contributed by atoms with Gasteiger partial charge in [-0.05, 0) is 12.5 Å². The molecule has 1 saturated heterocycles. The van der Waals surface area contributed by atoms with Crippen molar-refractivity contribution in [2.75, 3.05) is 23.3 Å². The summed E-state index contributed by atoms with van der Waals surface area (Å²) in [5, 5.41) is 12.5. The second-order valence-electron chi connectivity index (χ2n) is 6.05. The number of rotatable bonds is 4. The minimum absolute atomic E-state index is 0.169. The van der Waals surface area contributed by atoms with Gasteiger partial charge in [-0.15, -0.1) is 0 Å². The molecular formula is C19H17N7. The Hall–Kier alpha value is -3.53. The highest BCUT2D eigenvalue weighted by Gasteiger charge is 2.25. The molecule has 4 rings (SSSR count). The molecule has 1 N–H and O–H groups in total. The Morgan fingerprint density at radius 2 is 1.88 bits per heavy atom. The minimum atomic E-state index is 0.169. The fourth-order valence-corrected chi connectivity index (χ4v) is 3.05. The first-order valence-corrected chi connectivity index (χ1v) is 8.44. The van der Waals surface area contributed by atoms with Crippen LogP contribution in [0.15, 0.2) is 55.0 Å². The number of benzene rings is 1.